The lowest BCUT2D eigenvalue weighted by Gasteiger charge is -2.08. The molecule has 0 bridgehead atoms. The van der Waals surface area contributed by atoms with Crippen molar-refractivity contribution in [2.45, 2.75) is 13.5 Å². The maximum atomic E-state index is 5.86. The minimum atomic E-state index is 0.523. The van der Waals surface area contributed by atoms with Crippen LogP contribution in [0.1, 0.15) is 11.1 Å². The molecule has 0 aliphatic carbocycles. The van der Waals surface area contributed by atoms with Crippen molar-refractivity contribution in [2.75, 3.05) is 0 Å². The van der Waals surface area contributed by atoms with Crippen LogP contribution in [0.5, 0.6) is 0 Å². The van der Waals surface area contributed by atoms with Crippen LogP contribution in [0.3, 0.4) is 0 Å². The Labute approximate surface area is 117 Å². The first-order valence-corrected chi connectivity index (χ1v) is 6.56. The van der Waals surface area contributed by atoms with Gasteiger partial charge in [-0.1, -0.05) is 41.9 Å². The lowest BCUT2D eigenvalue weighted by atomic mass is 10.2. The molecule has 0 aliphatic heterocycles. The third-order valence-electron chi connectivity index (χ3n) is 3.16. The van der Waals surface area contributed by atoms with E-state index in [1.807, 2.05) is 47.3 Å². The van der Waals surface area contributed by atoms with Crippen LogP contribution in [0.15, 0.2) is 54.7 Å². The predicted octanol–water partition coefficient (Wildman–Crippen LogP) is 4.23. The fraction of sp³-hybridized carbons (Fsp3) is 0.125. The van der Waals surface area contributed by atoms with Crippen molar-refractivity contribution in [3.63, 3.8) is 0 Å². The SMILES string of the molecule is Cc1cn(OCc2ccc(Cl)cc2)c2ccccc12. The molecule has 3 aromatic rings. The van der Waals surface area contributed by atoms with Crippen LogP contribution < -0.4 is 4.84 Å². The first-order valence-electron chi connectivity index (χ1n) is 6.18. The van der Waals surface area contributed by atoms with Crippen molar-refractivity contribution in [2.24, 2.45) is 0 Å². The minimum absolute atomic E-state index is 0.523. The molecule has 0 unspecified atom stereocenters. The van der Waals surface area contributed by atoms with E-state index in [0.29, 0.717) is 6.61 Å². The van der Waals surface area contributed by atoms with Crippen molar-refractivity contribution >= 4 is 22.5 Å². The summed E-state index contributed by atoms with van der Waals surface area (Å²) in [6, 6.07) is 15.9. The van der Waals surface area contributed by atoms with Gasteiger partial charge < -0.3 is 4.84 Å². The maximum Gasteiger partial charge on any atom is 0.140 e. The Hall–Kier alpha value is -1.93. The average Bonchev–Trinajstić information content (AvgIpc) is 2.76. The molecule has 0 saturated heterocycles. The normalized spacial score (nSPS) is 10.8. The van der Waals surface area contributed by atoms with Gasteiger partial charge in [-0.2, -0.15) is 4.73 Å². The Morgan fingerprint density at radius 1 is 1.05 bits per heavy atom. The molecule has 0 amide bonds. The monoisotopic (exact) mass is 271 g/mol. The molecular formula is C16H14ClNO. The largest absolute Gasteiger partial charge is 0.409 e. The van der Waals surface area contributed by atoms with Gasteiger partial charge in [0.15, 0.2) is 0 Å². The second-order valence-electron chi connectivity index (χ2n) is 4.55. The second kappa shape index (κ2) is 4.98. The fourth-order valence-electron chi connectivity index (χ4n) is 2.15. The molecule has 0 fully saturated rings. The third-order valence-corrected chi connectivity index (χ3v) is 3.41. The molecule has 2 aromatic carbocycles. The highest BCUT2D eigenvalue weighted by molar-refractivity contribution is 6.30. The lowest BCUT2D eigenvalue weighted by Crippen LogP contribution is -2.09. The predicted molar refractivity (Wildman–Crippen MR) is 78.4 cm³/mol. The highest BCUT2D eigenvalue weighted by Crippen LogP contribution is 2.19. The van der Waals surface area contributed by atoms with Crippen molar-refractivity contribution in [3.8, 4) is 0 Å². The summed E-state index contributed by atoms with van der Waals surface area (Å²) in [5, 5.41) is 1.96. The zero-order chi connectivity index (χ0) is 13.2. The van der Waals surface area contributed by atoms with Gasteiger partial charge in [0.2, 0.25) is 0 Å². The number of aromatic nitrogens is 1. The summed E-state index contributed by atoms with van der Waals surface area (Å²) in [4.78, 5) is 5.84. The molecule has 0 aliphatic rings. The van der Waals surface area contributed by atoms with E-state index in [0.717, 1.165) is 16.1 Å². The van der Waals surface area contributed by atoms with Crippen molar-refractivity contribution < 1.29 is 4.84 Å². The van der Waals surface area contributed by atoms with E-state index >= 15 is 0 Å². The van der Waals surface area contributed by atoms with E-state index in [-0.39, 0.29) is 0 Å². The van der Waals surface area contributed by atoms with Gasteiger partial charge >= 0.3 is 0 Å². The van der Waals surface area contributed by atoms with Gasteiger partial charge in [-0.25, -0.2) is 0 Å². The van der Waals surface area contributed by atoms with Gasteiger partial charge in [0.1, 0.15) is 6.61 Å². The Morgan fingerprint density at radius 2 is 1.79 bits per heavy atom. The maximum absolute atomic E-state index is 5.86. The van der Waals surface area contributed by atoms with Gasteiger partial charge in [0.05, 0.1) is 5.52 Å². The first-order chi connectivity index (χ1) is 9.24. The number of hydrogen-bond donors (Lipinski definition) is 0. The molecule has 0 saturated carbocycles. The lowest BCUT2D eigenvalue weighted by molar-refractivity contribution is 0.107. The van der Waals surface area contributed by atoms with E-state index in [4.69, 9.17) is 16.4 Å². The van der Waals surface area contributed by atoms with Crippen LogP contribution in [-0.4, -0.2) is 4.73 Å². The highest BCUT2D eigenvalue weighted by Gasteiger charge is 2.05. The van der Waals surface area contributed by atoms with Crippen LogP contribution in [0.4, 0.5) is 0 Å². The molecule has 2 nitrogen and oxygen atoms in total. The standard InChI is InChI=1S/C16H14ClNO/c1-12-10-18(16-5-3-2-4-15(12)16)19-11-13-6-8-14(17)9-7-13/h2-10H,11H2,1H3. The van der Waals surface area contributed by atoms with Gasteiger partial charge in [0, 0.05) is 16.6 Å². The summed E-state index contributed by atoms with van der Waals surface area (Å²) < 4.78 is 1.83. The first kappa shape index (κ1) is 12.1. The Bertz CT molecular complexity index is 700. The molecular weight excluding hydrogens is 258 g/mol. The molecule has 0 atom stereocenters. The van der Waals surface area contributed by atoms with Gasteiger partial charge in [-0.05, 0) is 36.2 Å². The molecule has 3 rings (SSSR count). The summed E-state index contributed by atoms with van der Waals surface area (Å²) in [7, 11) is 0. The van der Waals surface area contributed by atoms with Crippen LogP contribution in [-0.2, 0) is 6.61 Å². The molecule has 0 radical (unpaired) electrons. The van der Waals surface area contributed by atoms with Crippen LogP contribution in [0, 0.1) is 6.92 Å². The van der Waals surface area contributed by atoms with Crippen LogP contribution >= 0.6 is 11.6 Å². The van der Waals surface area contributed by atoms with Gasteiger partial charge in [-0.15, -0.1) is 0 Å². The minimum Gasteiger partial charge on any atom is -0.409 e. The number of aryl methyl sites for hydroxylation is 1. The number of halogens is 1. The third kappa shape index (κ3) is 2.45. The number of nitrogens with zero attached hydrogens (tertiary/aromatic N) is 1. The van der Waals surface area contributed by atoms with E-state index < -0.39 is 0 Å². The quantitative estimate of drug-likeness (QED) is 0.695. The second-order valence-corrected chi connectivity index (χ2v) is 4.99. The van der Waals surface area contributed by atoms with E-state index in [2.05, 4.69) is 19.1 Å². The summed E-state index contributed by atoms with van der Waals surface area (Å²) in [6.45, 7) is 2.61. The van der Waals surface area contributed by atoms with Crippen molar-refractivity contribution in [1.82, 2.24) is 4.73 Å². The number of fused-ring (bicyclic) bond motifs is 1. The average molecular weight is 272 g/mol. The highest BCUT2D eigenvalue weighted by atomic mass is 35.5. The molecule has 0 spiro atoms. The molecule has 19 heavy (non-hydrogen) atoms. The Kier molecular flexibility index (Phi) is 3.18. The molecule has 1 heterocycles. The summed E-state index contributed by atoms with van der Waals surface area (Å²) in [5.41, 5.74) is 3.40. The summed E-state index contributed by atoms with van der Waals surface area (Å²) in [6.07, 6.45) is 2.01. The molecule has 3 heteroatoms. The molecule has 1 aromatic heterocycles. The fourth-order valence-corrected chi connectivity index (χ4v) is 2.27. The smallest absolute Gasteiger partial charge is 0.140 e. The van der Waals surface area contributed by atoms with Gasteiger partial charge in [-0.3, -0.25) is 0 Å². The number of hydrogen-bond acceptors (Lipinski definition) is 1. The Morgan fingerprint density at radius 3 is 2.58 bits per heavy atom. The number of rotatable bonds is 3. The van der Waals surface area contributed by atoms with Crippen molar-refractivity contribution in [3.05, 3.63) is 70.9 Å². The molecule has 96 valence electrons. The van der Waals surface area contributed by atoms with E-state index in [1.54, 1.807) is 0 Å². The number of para-hydroxylation sites is 1. The van der Waals surface area contributed by atoms with E-state index in [1.165, 1.54) is 10.9 Å². The Balaban J connectivity index is 1.84. The zero-order valence-corrected chi connectivity index (χ0v) is 11.4. The number of benzene rings is 2. The zero-order valence-electron chi connectivity index (χ0n) is 10.6. The van der Waals surface area contributed by atoms with Gasteiger partial charge in [0.25, 0.3) is 0 Å². The summed E-state index contributed by atoms with van der Waals surface area (Å²) >= 11 is 5.86. The van der Waals surface area contributed by atoms with Crippen molar-refractivity contribution in [1.29, 1.82) is 0 Å². The topological polar surface area (TPSA) is 14.2 Å². The molecule has 0 N–H and O–H groups in total. The van der Waals surface area contributed by atoms with Crippen LogP contribution in [0.25, 0.3) is 10.9 Å². The van der Waals surface area contributed by atoms with E-state index in [9.17, 15) is 0 Å². The van der Waals surface area contributed by atoms with Crippen LogP contribution in [0.2, 0.25) is 5.02 Å². The summed E-state index contributed by atoms with van der Waals surface area (Å²) in [5.74, 6) is 0.